The molecule has 3 aromatic rings. The molecule has 7 heteroatoms. The van der Waals surface area contributed by atoms with Gasteiger partial charge in [-0.3, -0.25) is 9.69 Å². The van der Waals surface area contributed by atoms with E-state index < -0.39 is 9.84 Å². The summed E-state index contributed by atoms with van der Waals surface area (Å²) >= 11 is 0. The summed E-state index contributed by atoms with van der Waals surface area (Å²) in [6.45, 7) is 1.22. The first-order chi connectivity index (χ1) is 15.0. The van der Waals surface area contributed by atoms with Crippen LogP contribution in [-0.2, 0) is 27.7 Å². The largest absolute Gasteiger partial charge is 0.468 e. The molecule has 2 heterocycles. The molecule has 4 rings (SSSR count). The Morgan fingerprint density at radius 1 is 0.935 bits per heavy atom. The molecule has 1 atom stereocenters. The van der Waals surface area contributed by atoms with Crippen LogP contribution in [0.3, 0.4) is 0 Å². The van der Waals surface area contributed by atoms with Crippen LogP contribution in [0, 0.1) is 0 Å². The zero-order chi connectivity index (χ0) is 21.7. The van der Waals surface area contributed by atoms with Crippen molar-refractivity contribution in [1.82, 2.24) is 4.90 Å². The Hall–Kier alpha value is -2.90. The summed E-state index contributed by atoms with van der Waals surface area (Å²) in [7, 11) is -3.12. The van der Waals surface area contributed by atoms with Crippen molar-refractivity contribution in [2.75, 3.05) is 23.0 Å². The second-order valence-corrected chi connectivity index (χ2v) is 10.1. The Labute approximate surface area is 183 Å². The highest BCUT2D eigenvalue weighted by Crippen LogP contribution is 2.25. The molecule has 0 saturated carbocycles. The zero-order valence-electron chi connectivity index (χ0n) is 17.3. The number of rotatable bonds is 8. The number of nitrogens with zero attached hydrogens (tertiary/aromatic N) is 2. The number of hydrogen-bond donors (Lipinski definition) is 0. The zero-order valence-corrected chi connectivity index (χ0v) is 18.1. The number of carbonyl (C=O) groups is 1. The van der Waals surface area contributed by atoms with Crippen LogP contribution in [0.5, 0.6) is 0 Å². The van der Waals surface area contributed by atoms with Gasteiger partial charge in [0.25, 0.3) is 0 Å². The summed E-state index contributed by atoms with van der Waals surface area (Å²) < 4.78 is 29.7. The lowest BCUT2D eigenvalue weighted by atomic mass is 10.1. The van der Waals surface area contributed by atoms with E-state index in [9.17, 15) is 13.2 Å². The summed E-state index contributed by atoms with van der Waals surface area (Å²) in [6.07, 6.45) is 2.08. The molecule has 162 valence electrons. The molecule has 0 radical (unpaired) electrons. The van der Waals surface area contributed by atoms with E-state index in [0.29, 0.717) is 19.5 Å². The molecule has 0 spiro atoms. The third-order valence-corrected chi connectivity index (χ3v) is 7.19. The van der Waals surface area contributed by atoms with Gasteiger partial charge in [-0.25, -0.2) is 8.42 Å². The Kier molecular flexibility index (Phi) is 6.53. The van der Waals surface area contributed by atoms with Gasteiger partial charge in [0.05, 0.1) is 36.9 Å². The summed E-state index contributed by atoms with van der Waals surface area (Å²) in [6, 6.07) is 22.7. The second-order valence-electron chi connectivity index (χ2n) is 7.87. The van der Waals surface area contributed by atoms with Gasteiger partial charge in [-0.2, -0.15) is 0 Å². The normalized spacial score (nSPS) is 17.6. The average Bonchev–Trinajstić information content (AvgIpc) is 3.39. The van der Waals surface area contributed by atoms with E-state index in [4.69, 9.17) is 4.42 Å². The van der Waals surface area contributed by atoms with Crippen LogP contribution < -0.4 is 4.90 Å². The van der Waals surface area contributed by atoms with Gasteiger partial charge in [0.1, 0.15) is 5.76 Å². The van der Waals surface area contributed by atoms with Crippen LogP contribution in [0.4, 0.5) is 5.69 Å². The maximum atomic E-state index is 13.5. The summed E-state index contributed by atoms with van der Waals surface area (Å²) in [5, 5.41) is 0. The van der Waals surface area contributed by atoms with Gasteiger partial charge >= 0.3 is 0 Å². The van der Waals surface area contributed by atoms with Gasteiger partial charge in [0, 0.05) is 12.2 Å². The quantitative estimate of drug-likeness (QED) is 0.538. The molecule has 0 bridgehead atoms. The molecule has 2 aromatic carbocycles. The molecular weight excluding hydrogens is 412 g/mol. The van der Waals surface area contributed by atoms with E-state index in [0.717, 1.165) is 17.0 Å². The number of sulfone groups is 1. The van der Waals surface area contributed by atoms with Crippen LogP contribution in [0.1, 0.15) is 17.7 Å². The fourth-order valence-electron chi connectivity index (χ4n) is 4.03. The van der Waals surface area contributed by atoms with Gasteiger partial charge in [0.15, 0.2) is 9.84 Å². The lowest BCUT2D eigenvalue weighted by Crippen LogP contribution is -2.46. The van der Waals surface area contributed by atoms with Gasteiger partial charge in [-0.05, 0) is 36.2 Å². The average molecular weight is 439 g/mol. The number of benzene rings is 2. The van der Waals surface area contributed by atoms with Crippen LogP contribution in [0.25, 0.3) is 0 Å². The highest BCUT2D eigenvalue weighted by atomic mass is 32.2. The monoisotopic (exact) mass is 438 g/mol. The van der Waals surface area contributed by atoms with E-state index >= 15 is 0 Å². The minimum Gasteiger partial charge on any atom is -0.468 e. The van der Waals surface area contributed by atoms with Crippen molar-refractivity contribution < 1.29 is 17.6 Å². The lowest BCUT2D eigenvalue weighted by Gasteiger charge is -2.31. The fraction of sp³-hybridized carbons (Fsp3) is 0.292. The van der Waals surface area contributed by atoms with Gasteiger partial charge in [0.2, 0.25) is 5.91 Å². The molecule has 6 nitrogen and oxygen atoms in total. The maximum absolute atomic E-state index is 13.5. The van der Waals surface area contributed by atoms with E-state index in [2.05, 4.69) is 0 Å². The Bertz CT molecular complexity index is 1080. The Morgan fingerprint density at radius 3 is 2.26 bits per heavy atom. The highest BCUT2D eigenvalue weighted by Gasteiger charge is 2.36. The van der Waals surface area contributed by atoms with Gasteiger partial charge in [-0.1, -0.05) is 48.5 Å². The first-order valence-corrected chi connectivity index (χ1v) is 12.2. The van der Waals surface area contributed by atoms with Crippen molar-refractivity contribution in [2.45, 2.75) is 25.6 Å². The van der Waals surface area contributed by atoms with Gasteiger partial charge in [-0.15, -0.1) is 0 Å². The third-order valence-electron chi connectivity index (χ3n) is 5.44. The topological polar surface area (TPSA) is 70.8 Å². The molecule has 1 unspecified atom stereocenters. The van der Waals surface area contributed by atoms with Gasteiger partial charge < -0.3 is 9.32 Å². The van der Waals surface area contributed by atoms with Crippen LogP contribution in [0.2, 0.25) is 0 Å². The SMILES string of the molecule is O=C(CN(Cc1ccccc1)Cc1ccco1)N(c1ccccc1)C1CCS(=O)(=O)C1. The number of hydrogen-bond acceptors (Lipinski definition) is 5. The number of para-hydroxylation sites is 1. The molecular formula is C24H26N2O4S. The first-order valence-electron chi connectivity index (χ1n) is 10.4. The number of anilines is 1. The van der Waals surface area contributed by atoms with Crippen molar-refractivity contribution in [3.63, 3.8) is 0 Å². The third kappa shape index (κ3) is 5.62. The van der Waals surface area contributed by atoms with E-state index in [-0.39, 0.29) is 30.0 Å². The smallest absolute Gasteiger partial charge is 0.241 e. The van der Waals surface area contributed by atoms with Crippen molar-refractivity contribution in [3.05, 3.63) is 90.4 Å². The number of carbonyl (C=O) groups excluding carboxylic acids is 1. The van der Waals surface area contributed by atoms with Crippen molar-refractivity contribution in [3.8, 4) is 0 Å². The molecule has 1 aliphatic rings. The molecule has 0 aliphatic carbocycles. The van der Waals surface area contributed by atoms with Crippen LogP contribution in [-0.4, -0.2) is 43.3 Å². The molecule has 1 aromatic heterocycles. The fourth-order valence-corrected chi connectivity index (χ4v) is 5.73. The Morgan fingerprint density at radius 2 is 1.65 bits per heavy atom. The predicted octanol–water partition coefficient (Wildman–Crippen LogP) is 3.50. The molecule has 1 saturated heterocycles. The minimum atomic E-state index is -3.12. The maximum Gasteiger partial charge on any atom is 0.241 e. The molecule has 0 N–H and O–H groups in total. The summed E-state index contributed by atoms with van der Waals surface area (Å²) in [5.41, 5.74) is 1.82. The minimum absolute atomic E-state index is 0.00447. The van der Waals surface area contributed by atoms with E-state index in [1.54, 1.807) is 11.2 Å². The van der Waals surface area contributed by atoms with E-state index in [1.165, 1.54) is 0 Å². The summed E-state index contributed by atoms with van der Waals surface area (Å²) in [4.78, 5) is 17.2. The van der Waals surface area contributed by atoms with Crippen molar-refractivity contribution in [1.29, 1.82) is 0 Å². The second kappa shape index (κ2) is 9.49. The number of amides is 1. The van der Waals surface area contributed by atoms with Crippen molar-refractivity contribution in [2.24, 2.45) is 0 Å². The highest BCUT2D eigenvalue weighted by molar-refractivity contribution is 7.91. The molecule has 1 aliphatic heterocycles. The standard InChI is InChI=1S/C24H26N2O4S/c27-24(26(21-10-5-2-6-11-21)22-13-15-31(28,29)19-22)18-25(17-23-12-7-14-30-23)16-20-8-3-1-4-9-20/h1-12,14,22H,13,15-19H2. The van der Waals surface area contributed by atoms with E-state index in [1.807, 2.05) is 77.7 Å². The van der Waals surface area contributed by atoms with Crippen LogP contribution >= 0.6 is 0 Å². The Balaban J connectivity index is 1.57. The van der Waals surface area contributed by atoms with Crippen molar-refractivity contribution >= 4 is 21.4 Å². The molecule has 1 fully saturated rings. The number of furan rings is 1. The molecule has 1 amide bonds. The summed E-state index contributed by atoms with van der Waals surface area (Å²) in [5.74, 6) is 0.785. The lowest BCUT2D eigenvalue weighted by molar-refractivity contribution is -0.120. The van der Waals surface area contributed by atoms with Crippen LogP contribution in [0.15, 0.2) is 83.5 Å². The predicted molar refractivity (Wildman–Crippen MR) is 120 cm³/mol. The molecule has 31 heavy (non-hydrogen) atoms. The first kappa shape index (κ1) is 21.3.